The molecule has 28 heavy (non-hydrogen) atoms. The number of rotatable bonds is 3. The van der Waals surface area contributed by atoms with Crippen LogP contribution in [0.4, 0.5) is 19.3 Å². The highest BCUT2D eigenvalue weighted by molar-refractivity contribution is 5.90. The molecule has 3 N–H and O–H groups in total. The molecule has 0 bridgehead atoms. The maximum Gasteiger partial charge on any atom is 0.319 e. The van der Waals surface area contributed by atoms with E-state index in [1.54, 1.807) is 30.3 Å². The highest BCUT2D eigenvalue weighted by atomic mass is 19.3. The Morgan fingerprint density at radius 2 is 2.00 bits per heavy atom. The number of urea groups is 1. The lowest BCUT2D eigenvalue weighted by molar-refractivity contribution is -0.0824. The zero-order valence-corrected chi connectivity index (χ0v) is 15.4. The number of hydrogen-bond donors (Lipinski definition) is 3. The van der Waals surface area contributed by atoms with E-state index in [2.05, 4.69) is 10.6 Å². The Hall–Kier alpha value is -2.67. The van der Waals surface area contributed by atoms with Gasteiger partial charge in [0, 0.05) is 24.1 Å². The highest BCUT2D eigenvalue weighted by Gasteiger charge is 2.44. The van der Waals surface area contributed by atoms with E-state index in [9.17, 15) is 18.7 Å². The molecule has 0 spiro atoms. The van der Waals surface area contributed by atoms with Crippen LogP contribution >= 0.6 is 0 Å². The van der Waals surface area contributed by atoms with Gasteiger partial charge in [0.15, 0.2) is 5.60 Å². The van der Waals surface area contributed by atoms with Crippen molar-refractivity contribution in [2.24, 2.45) is 0 Å². The van der Waals surface area contributed by atoms with E-state index in [0.717, 1.165) is 11.1 Å². The van der Waals surface area contributed by atoms with Gasteiger partial charge in [0.2, 0.25) is 0 Å². The molecule has 7 heteroatoms. The molecule has 4 rings (SSSR count). The molecule has 2 aliphatic rings. The Bertz CT molecular complexity index is 905. The Labute approximate surface area is 161 Å². The van der Waals surface area contributed by atoms with E-state index in [1.165, 1.54) is 6.92 Å². The monoisotopic (exact) mass is 388 g/mol. The van der Waals surface area contributed by atoms with Crippen LogP contribution in [0.3, 0.4) is 0 Å². The average molecular weight is 388 g/mol. The van der Waals surface area contributed by atoms with Gasteiger partial charge in [-0.1, -0.05) is 30.3 Å². The fourth-order valence-electron chi connectivity index (χ4n) is 3.99. The highest BCUT2D eigenvalue weighted by Crippen LogP contribution is 2.42. The van der Waals surface area contributed by atoms with Gasteiger partial charge < -0.3 is 20.5 Å². The summed E-state index contributed by atoms with van der Waals surface area (Å²) in [5, 5.41) is 15.5. The number of carbonyl (C=O) groups excluding carboxylic acids is 1. The van der Waals surface area contributed by atoms with Crippen molar-refractivity contribution in [1.29, 1.82) is 0 Å². The number of halogens is 2. The lowest BCUT2D eigenvalue weighted by Crippen LogP contribution is -2.48. The van der Waals surface area contributed by atoms with Crippen molar-refractivity contribution in [3.63, 3.8) is 0 Å². The predicted molar refractivity (Wildman–Crippen MR) is 101 cm³/mol. The lowest BCUT2D eigenvalue weighted by Gasteiger charge is -2.39. The second-order valence-corrected chi connectivity index (χ2v) is 7.61. The van der Waals surface area contributed by atoms with Gasteiger partial charge in [0.05, 0.1) is 12.1 Å². The van der Waals surface area contributed by atoms with Gasteiger partial charge in [-0.25, -0.2) is 13.6 Å². The molecular weight excluding hydrogens is 366 g/mol. The summed E-state index contributed by atoms with van der Waals surface area (Å²) in [7, 11) is 0. The van der Waals surface area contributed by atoms with E-state index in [1.807, 2.05) is 12.1 Å². The molecule has 1 heterocycles. The molecule has 0 unspecified atom stereocenters. The van der Waals surface area contributed by atoms with Crippen molar-refractivity contribution >= 4 is 11.7 Å². The zero-order chi connectivity index (χ0) is 19.9. The average Bonchev–Trinajstić information content (AvgIpc) is 3.03. The molecule has 148 valence electrons. The van der Waals surface area contributed by atoms with Gasteiger partial charge >= 0.3 is 6.03 Å². The van der Waals surface area contributed by atoms with E-state index >= 15 is 0 Å². The third kappa shape index (κ3) is 3.42. The smallest absolute Gasteiger partial charge is 0.319 e. The second-order valence-electron chi connectivity index (χ2n) is 7.61. The Kier molecular flexibility index (Phi) is 4.71. The SMILES string of the molecule is C[C@@]1(C(F)F)C[C@@H](NC(=O)Nc2cccc3c2C[C@H](O)C3)c2ccccc2O1. The number of carbonyl (C=O) groups is 1. The lowest BCUT2D eigenvalue weighted by atomic mass is 9.88. The summed E-state index contributed by atoms with van der Waals surface area (Å²) in [6.45, 7) is 1.35. The molecule has 0 fully saturated rings. The number of ether oxygens (including phenoxy) is 1. The van der Waals surface area contributed by atoms with Crippen molar-refractivity contribution < 1.29 is 23.4 Å². The standard InChI is InChI=1S/C21H22F2N2O3/c1-21(19(22)23)11-17(14-6-2-3-8-18(14)28-21)25-20(27)24-16-7-4-5-12-9-13(26)10-15(12)16/h2-8,13,17,19,26H,9-11H2,1H3,(H2,24,25,27)/t13-,17-,21+/m1/s1. The van der Waals surface area contributed by atoms with Crippen LogP contribution in [-0.4, -0.2) is 29.3 Å². The van der Waals surface area contributed by atoms with Crippen molar-refractivity contribution in [2.75, 3.05) is 5.32 Å². The van der Waals surface area contributed by atoms with Crippen LogP contribution in [0.1, 0.15) is 36.1 Å². The summed E-state index contributed by atoms with van der Waals surface area (Å²) in [4.78, 5) is 12.6. The number of anilines is 1. The molecule has 0 aromatic heterocycles. The van der Waals surface area contributed by atoms with Crippen LogP contribution in [-0.2, 0) is 12.8 Å². The molecule has 2 aromatic rings. The first-order chi connectivity index (χ1) is 13.4. The summed E-state index contributed by atoms with van der Waals surface area (Å²) in [5.74, 6) is 0.352. The minimum absolute atomic E-state index is 0.0410. The van der Waals surface area contributed by atoms with Crippen molar-refractivity contribution in [3.05, 3.63) is 59.2 Å². The van der Waals surface area contributed by atoms with Gasteiger partial charge in [0.1, 0.15) is 5.75 Å². The van der Waals surface area contributed by atoms with Gasteiger partial charge in [-0.2, -0.15) is 0 Å². The summed E-state index contributed by atoms with van der Waals surface area (Å²) < 4.78 is 32.7. The Morgan fingerprint density at radius 1 is 1.21 bits per heavy atom. The van der Waals surface area contributed by atoms with Gasteiger partial charge in [-0.05, 0) is 36.6 Å². The van der Waals surface area contributed by atoms with Crippen LogP contribution in [0.2, 0.25) is 0 Å². The van der Waals surface area contributed by atoms with Crippen LogP contribution in [0.5, 0.6) is 5.75 Å². The zero-order valence-electron chi connectivity index (χ0n) is 15.4. The fourth-order valence-corrected chi connectivity index (χ4v) is 3.99. The molecule has 5 nitrogen and oxygen atoms in total. The van der Waals surface area contributed by atoms with Crippen molar-refractivity contribution in [2.45, 2.75) is 50.4 Å². The number of nitrogens with one attached hydrogen (secondary N) is 2. The maximum atomic E-state index is 13.6. The number of alkyl halides is 2. The first-order valence-electron chi connectivity index (χ1n) is 9.28. The Morgan fingerprint density at radius 3 is 2.79 bits per heavy atom. The van der Waals surface area contributed by atoms with E-state index in [-0.39, 0.29) is 6.42 Å². The predicted octanol–water partition coefficient (Wildman–Crippen LogP) is 3.82. The van der Waals surface area contributed by atoms with E-state index < -0.39 is 30.2 Å². The third-order valence-corrected chi connectivity index (χ3v) is 5.43. The number of hydrogen-bond acceptors (Lipinski definition) is 3. The molecule has 0 saturated carbocycles. The normalized spacial score (nSPS) is 25.6. The van der Waals surface area contributed by atoms with Crippen molar-refractivity contribution in [1.82, 2.24) is 5.32 Å². The van der Waals surface area contributed by atoms with Gasteiger partial charge in [0.25, 0.3) is 6.43 Å². The number of amides is 2. The second kappa shape index (κ2) is 7.05. The summed E-state index contributed by atoms with van der Waals surface area (Å²) >= 11 is 0. The molecule has 0 radical (unpaired) electrons. The number of benzene rings is 2. The minimum Gasteiger partial charge on any atom is -0.481 e. The van der Waals surface area contributed by atoms with Crippen LogP contribution in [0.15, 0.2) is 42.5 Å². The largest absolute Gasteiger partial charge is 0.481 e. The first kappa shape index (κ1) is 18.7. The third-order valence-electron chi connectivity index (χ3n) is 5.43. The number of fused-ring (bicyclic) bond motifs is 2. The molecule has 2 aromatic carbocycles. The quantitative estimate of drug-likeness (QED) is 0.749. The van der Waals surface area contributed by atoms with Crippen molar-refractivity contribution in [3.8, 4) is 5.75 Å². The number of aliphatic hydroxyl groups excluding tert-OH is 1. The first-order valence-corrected chi connectivity index (χ1v) is 9.28. The summed E-state index contributed by atoms with van der Waals surface area (Å²) in [6.07, 6.45) is -2.13. The van der Waals surface area contributed by atoms with Crippen LogP contribution in [0, 0.1) is 0 Å². The number of aliphatic hydroxyl groups is 1. The van der Waals surface area contributed by atoms with E-state index in [4.69, 9.17) is 4.74 Å². The van der Waals surface area contributed by atoms with Crippen LogP contribution < -0.4 is 15.4 Å². The molecule has 2 amide bonds. The summed E-state index contributed by atoms with van der Waals surface area (Å²) in [5.41, 5.74) is 1.54. The maximum absolute atomic E-state index is 13.6. The molecular formula is C21H22F2N2O3. The molecule has 0 saturated heterocycles. The van der Waals surface area contributed by atoms with E-state index in [0.29, 0.717) is 29.8 Å². The summed E-state index contributed by atoms with van der Waals surface area (Å²) in [6, 6.07) is 11.3. The fraction of sp³-hybridized carbons (Fsp3) is 0.381. The Balaban J connectivity index is 1.54. The molecule has 3 atom stereocenters. The number of para-hydroxylation sites is 1. The molecule has 1 aliphatic carbocycles. The van der Waals surface area contributed by atoms with Gasteiger partial charge in [-0.15, -0.1) is 0 Å². The van der Waals surface area contributed by atoms with Crippen LogP contribution in [0.25, 0.3) is 0 Å². The minimum atomic E-state index is -2.69. The van der Waals surface area contributed by atoms with Gasteiger partial charge in [-0.3, -0.25) is 0 Å². The molecule has 1 aliphatic heterocycles. The topological polar surface area (TPSA) is 70.6 Å².